The van der Waals surface area contributed by atoms with E-state index in [1.54, 1.807) is 23.1 Å². The van der Waals surface area contributed by atoms with E-state index in [-0.39, 0.29) is 23.3 Å². The van der Waals surface area contributed by atoms with Gasteiger partial charge in [0, 0.05) is 29.6 Å². The number of carbonyl (C=O) groups excluding carboxylic acids is 1. The molecule has 1 N–H and O–H groups in total. The maximum absolute atomic E-state index is 14.5. The number of phenols is 1. The van der Waals surface area contributed by atoms with Crippen LogP contribution in [0.25, 0.3) is 0 Å². The molecule has 0 spiro atoms. The quantitative estimate of drug-likeness (QED) is 0.870. The van der Waals surface area contributed by atoms with Crippen molar-refractivity contribution in [1.82, 2.24) is 9.91 Å². The molecule has 2 aliphatic rings. The number of urea groups is 1. The molecule has 0 radical (unpaired) electrons. The van der Waals surface area contributed by atoms with E-state index in [0.29, 0.717) is 30.4 Å². The molecule has 1 unspecified atom stereocenters. The molecule has 134 valence electrons. The summed E-state index contributed by atoms with van der Waals surface area (Å²) in [4.78, 5) is 14.3. The van der Waals surface area contributed by atoms with Crippen molar-refractivity contribution in [3.63, 3.8) is 0 Å². The van der Waals surface area contributed by atoms with Gasteiger partial charge in [0.15, 0.2) is 0 Å². The molecule has 1 fully saturated rings. The third-order valence-corrected chi connectivity index (χ3v) is 4.97. The molecule has 2 aromatic rings. The van der Waals surface area contributed by atoms with Gasteiger partial charge in [0.25, 0.3) is 0 Å². The first kappa shape index (κ1) is 16.8. The highest BCUT2D eigenvalue weighted by Gasteiger charge is 2.36. The number of phenolic OH excluding ortho intramolecular Hbond substituents is 1. The van der Waals surface area contributed by atoms with E-state index in [0.717, 1.165) is 12.0 Å². The summed E-state index contributed by atoms with van der Waals surface area (Å²) in [5.74, 6) is -0.683. The summed E-state index contributed by atoms with van der Waals surface area (Å²) in [5.41, 5.74) is 1.47. The van der Waals surface area contributed by atoms with Gasteiger partial charge in [-0.3, -0.25) is 0 Å². The fourth-order valence-corrected chi connectivity index (χ4v) is 3.40. The number of hydrogen-bond donors (Lipinski definition) is 1. The van der Waals surface area contributed by atoms with Crippen LogP contribution in [0.1, 0.15) is 23.5 Å². The van der Waals surface area contributed by atoms with Crippen molar-refractivity contribution in [3.8, 4) is 5.75 Å². The van der Waals surface area contributed by atoms with Gasteiger partial charge >= 0.3 is 6.03 Å². The molecule has 5 nitrogen and oxygen atoms in total. The van der Waals surface area contributed by atoms with Crippen molar-refractivity contribution in [2.75, 3.05) is 19.6 Å². The minimum Gasteiger partial charge on any atom is -0.508 e. The first-order chi connectivity index (χ1) is 12.5. The van der Waals surface area contributed by atoms with Crippen LogP contribution in [0.2, 0.25) is 5.02 Å². The lowest BCUT2D eigenvalue weighted by atomic mass is 9.90. The van der Waals surface area contributed by atoms with Crippen molar-refractivity contribution in [2.24, 2.45) is 5.10 Å². The van der Waals surface area contributed by atoms with Gasteiger partial charge < -0.3 is 10.0 Å². The van der Waals surface area contributed by atoms with Crippen molar-refractivity contribution >= 4 is 23.3 Å². The molecule has 2 aliphatic heterocycles. The Balaban J connectivity index is 1.75. The molecular formula is C19H17ClFN3O2. The highest BCUT2D eigenvalue weighted by Crippen LogP contribution is 2.33. The van der Waals surface area contributed by atoms with Crippen LogP contribution in [-0.4, -0.2) is 46.4 Å². The Morgan fingerprint density at radius 3 is 2.73 bits per heavy atom. The number of likely N-dealkylation sites (tertiary alicyclic amines) is 1. The fourth-order valence-electron chi connectivity index (χ4n) is 3.23. The Morgan fingerprint density at radius 2 is 2.04 bits per heavy atom. The third-order valence-electron chi connectivity index (χ3n) is 4.74. The normalized spacial score (nSPS) is 19.3. The van der Waals surface area contributed by atoms with Gasteiger partial charge in [-0.25, -0.2) is 14.2 Å². The molecule has 0 aromatic heterocycles. The predicted molar refractivity (Wildman–Crippen MR) is 97.1 cm³/mol. The van der Waals surface area contributed by atoms with Crippen LogP contribution in [0.4, 0.5) is 9.18 Å². The number of benzene rings is 2. The van der Waals surface area contributed by atoms with E-state index < -0.39 is 5.82 Å². The summed E-state index contributed by atoms with van der Waals surface area (Å²) in [5, 5.41) is 16.0. The van der Waals surface area contributed by atoms with Crippen LogP contribution in [-0.2, 0) is 0 Å². The lowest BCUT2D eigenvalue weighted by molar-refractivity contribution is 0.131. The number of amides is 2. The second-order valence-electron chi connectivity index (χ2n) is 6.46. The standard InChI is InChI=1S/C19H17ClFN3O2/c20-13-5-6-17(21)15(10-13)18-16(12-3-1-4-14(25)9-12)11-24(22-18)19(26)23-7-2-8-23/h1,3-6,9-10,16,25H,2,7-8,11H2. The second-order valence-corrected chi connectivity index (χ2v) is 6.90. The van der Waals surface area contributed by atoms with Crippen molar-refractivity contribution < 1.29 is 14.3 Å². The smallest absolute Gasteiger partial charge is 0.340 e. The van der Waals surface area contributed by atoms with Crippen LogP contribution in [0.15, 0.2) is 47.6 Å². The van der Waals surface area contributed by atoms with E-state index in [9.17, 15) is 14.3 Å². The maximum atomic E-state index is 14.5. The predicted octanol–water partition coefficient (Wildman–Crippen LogP) is 3.81. The Bertz CT molecular complexity index is 898. The van der Waals surface area contributed by atoms with E-state index in [1.165, 1.54) is 23.2 Å². The number of halogens is 2. The van der Waals surface area contributed by atoms with Crippen molar-refractivity contribution in [1.29, 1.82) is 0 Å². The largest absolute Gasteiger partial charge is 0.508 e. The van der Waals surface area contributed by atoms with E-state index in [2.05, 4.69) is 5.10 Å². The number of rotatable bonds is 2. The van der Waals surface area contributed by atoms with Gasteiger partial charge in [0.1, 0.15) is 11.6 Å². The molecule has 0 bridgehead atoms. The van der Waals surface area contributed by atoms with Gasteiger partial charge in [0.05, 0.1) is 12.3 Å². The number of nitrogens with zero attached hydrogens (tertiary/aromatic N) is 3. The zero-order chi connectivity index (χ0) is 18.3. The average Bonchev–Trinajstić information content (AvgIpc) is 3.00. The van der Waals surface area contributed by atoms with E-state index in [4.69, 9.17) is 11.6 Å². The average molecular weight is 374 g/mol. The van der Waals surface area contributed by atoms with Gasteiger partial charge in [-0.05, 0) is 42.3 Å². The number of hydrogen-bond acceptors (Lipinski definition) is 3. The summed E-state index contributed by atoms with van der Waals surface area (Å²) in [6.07, 6.45) is 0.981. The molecule has 2 amide bonds. The van der Waals surface area contributed by atoms with Gasteiger partial charge in [-0.2, -0.15) is 5.10 Å². The van der Waals surface area contributed by atoms with Crippen LogP contribution >= 0.6 is 11.6 Å². The van der Waals surface area contributed by atoms with Gasteiger partial charge in [-0.1, -0.05) is 23.7 Å². The van der Waals surface area contributed by atoms with Crippen LogP contribution in [0, 0.1) is 5.82 Å². The molecule has 0 saturated carbocycles. The number of hydrazone groups is 1. The zero-order valence-electron chi connectivity index (χ0n) is 13.9. The highest BCUT2D eigenvalue weighted by molar-refractivity contribution is 6.31. The SMILES string of the molecule is O=C(N1CCC1)N1CC(c2cccc(O)c2)C(c2cc(Cl)ccc2F)=N1. The lowest BCUT2D eigenvalue weighted by Gasteiger charge is -2.33. The lowest BCUT2D eigenvalue weighted by Crippen LogP contribution is -2.47. The minimum absolute atomic E-state index is 0.112. The molecule has 4 rings (SSSR count). The van der Waals surface area contributed by atoms with Gasteiger partial charge in [-0.15, -0.1) is 0 Å². The molecule has 2 heterocycles. The third kappa shape index (κ3) is 3.01. The summed E-state index contributed by atoms with van der Waals surface area (Å²) in [6.45, 7) is 1.71. The van der Waals surface area contributed by atoms with Crippen LogP contribution in [0.5, 0.6) is 5.75 Å². The van der Waals surface area contributed by atoms with Crippen molar-refractivity contribution in [2.45, 2.75) is 12.3 Å². The molecule has 0 aliphatic carbocycles. The number of aromatic hydroxyl groups is 1. The fraction of sp³-hybridized carbons (Fsp3) is 0.263. The molecule has 26 heavy (non-hydrogen) atoms. The summed E-state index contributed by atoms with van der Waals surface area (Å²) in [7, 11) is 0. The monoisotopic (exact) mass is 373 g/mol. The first-order valence-electron chi connectivity index (χ1n) is 8.42. The van der Waals surface area contributed by atoms with Crippen LogP contribution in [0.3, 0.4) is 0 Å². The maximum Gasteiger partial charge on any atom is 0.340 e. The number of carbonyl (C=O) groups is 1. The molecule has 7 heteroatoms. The Kier molecular flexibility index (Phi) is 4.28. The van der Waals surface area contributed by atoms with E-state index in [1.807, 2.05) is 6.07 Å². The van der Waals surface area contributed by atoms with Crippen molar-refractivity contribution in [3.05, 3.63) is 64.4 Å². The molecule has 1 saturated heterocycles. The van der Waals surface area contributed by atoms with E-state index >= 15 is 0 Å². The molecular weight excluding hydrogens is 357 g/mol. The second kappa shape index (κ2) is 6.61. The topological polar surface area (TPSA) is 56.1 Å². The Morgan fingerprint density at radius 1 is 1.23 bits per heavy atom. The highest BCUT2D eigenvalue weighted by atomic mass is 35.5. The summed E-state index contributed by atoms with van der Waals surface area (Å²) in [6, 6.07) is 10.8. The minimum atomic E-state index is -0.448. The Hall–Kier alpha value is -2.60. The summed E-state index contributed by atoms with van der Waals surface area (Å²) < 4.78 is 14.5. The first-order valence-corrected chi connectivity index (χ1v) is 8.80. The molecule has 2 aromatic carbocycles. The molecule has 1 atom stereocenters. The zero-order valence-corrected chi connectivity index (χ0v) is 14.7. The summed E-state index contributed by atoms with van der Waals surface area (Å²) >= 11 is 6.04. The van der Waals surface area contributed by atoms with Crippen LogP contribution < -0.4 is 0 Å². The van der Waals surface area contributed by atoms with Gasteiger partial charge in [0.2, 0.25) is 0 Å². The Labute approximate surface area is 155 Å².